The predicted molar refractivity (Wildman–Crippen MR) is 76.0 cm³/mol. The number of amides is 1. The van der Waals surface area contributed by atoms with Crippen LogP contribution in [0.1, 0.15) is 30.0 Å². The molecule has 0 bridgehead atoms. The SMILES string of the molecule is CCC(NC(=O)COc1c(C)cc(C)cc1C)C(=O)O. The fourth-order valence-electron chi connectivity index (χ4n) is 2.11. The number of aliphatic carboxylic acids is 1. The van der Waals surface area contributed by atoms with Crippen molar-refractivity contribution in [3.63, 3.8) is 0 Å². The van der Waals surface area contributed by atoms with Crippen LogP contribution in [0.4, 0.5) is 0 Å². The second-order valence-corrected chi connectivity index (χ2v) is 4.88. The zero-order valence-corrected chi connectivity index (χ0v) is 12.3. The van der Waals surface area contributed by atoms with Crippen molar-refractivity contribution in [2.24, 2.45) is 0 Å². The fourth-order valence-corrected chi connectivity index (χ4v) is 2.11. The molecule has 1 unspecified atom stereocenters. The van der Waals surface area contributed by atoms with Crippen molar-refractivity contribution in [3.8, 4) is 5.75 Å². The molecule has 1 atom stereocenters. The first-order valence-electron chi connectivity index (χ1n) is 6.58. The van der Waals surface area contributed by atoms with Crippen molar-refractivity contribution in [1.82, 2.24) is 5.32 Å². The lowest BCUT2D eigenvalue weighted by Gasteiger charge is -2.15. The van der Waals surface area contributed by atoms with E-state index in [-0.39, 0.29) is 6.61 Å². The predicted octanol–water partition coefficient (Wildman–Crippen LogP) is 1.97. The number of rotatable bonds is 6. The van der Waals surface area contributed by atoms with Crippen molar-refractivity contribution in [1.29, 1.82) is 0 Å². The van der Waals surface area contributed by atoms with E-state index in [9.17, 15) is 9.59 Å². The summed E-state index contributed by atoms with van der Waals surface area (Å²) in [6.07, 6.45) is 0.337. The lowest BCUT2D eigenvalue weighted by atomic mass is 10.1. The van der Waals surface area contributed by atoms with Gasteiger partial charge in [0, 0.05) is 0 Å². The maximum Gasteiger partial charge on any atom is 0.326 e. The van der Waals surface area contributed by atoms with Gasteiger partial charge in [-0.3, -0.25) is 4.79 Å². The van der Waals surface area contributed by atoms with Gasteiger partial charge < -0.3 is 15.2 Å². The first kappa shape index (κ1) is 16.0. The van der Waals surface area contributed by atoms with Gasteiger partial charge in [-0.15, -0.1) is 0 Å². The average molecular weight is 279 g/mol. The Morgan fingerprint density at radius 1 is 1.25 bits per heavy atom. The van der Waals surface area contributed by atoms with E-state index in [2.05, 4.69) is 5.32 Å². The van der Waals surface area contributed by atoms with Crippen molar-refractivity contribution >= 4 is 11.9 Å². The third kappa shape index (κ3) is 4.26. The topological polar surface area (TPSA) is 75.6 Å². The highest BCUT2D eigenvalue weighted by Gasteiger charge is 2.18. The first-order valence-corrected chi connectivity index (χ1v) is 6.58. The average Bonchev–Trinajstić information content (AvgIpc) is 2.34. The van der Waals surface area contributed by atoms with E-state index in [1.807, 2.05) is 32.9 Å². The molecule has 0 fully saturated rings. The number of carbonyl (C=O) groups excluding carboxylic acids is 1. The molecule has 0 aliphatic rings. The molecule has 2 N–H and O–H groups in total. The lowest BCUT2D eigenvalue weighted by molar-refractivity contribution is -0.142. The van der Waals surface area contributed by atoms with Gasteiger partial charge in [0.1, 0.15) is 11.8 Å². The van der Waals surface area contributed by atoms with Gasteiger partial charge in [-0.2, -0.15) is 0 Å². The van der Waals surface area contributed by atoms with E-state index in [1.54, 1.807) is 6.92 Å². The Labute approximate surface area is 118 Å². The minimum atomic E-state index is -1.04. The van der Waals surface area contributed by atoms with Crippen LogP contribution >= 0.6 is 0 Å². The molecule has 0 aliphatic heterocycles. The highest BCUT2D eigenvalue weighted by atomic mass is 16.5. The molecule has 1 amide bonds. The van der Waals surface area contributed by atoms with Crippen LogP contribution in [0, 0.1) is 20.8 Å². The number of carbonyl (C=O) groups is 2. The minimum absolute atomic E-state index is 0.186. The van der Waals surface area contributed by atoms with E-state index in [0.29, 0.717) is 12.2 Å². The Morgan fingerprint density at radius 3 is 2.25 bits per heavy atom. The highest BCUT2D eigenvalue weighted by Crippen LogP contribution is 2.24. The van der Waals surface area contributed by atoms with Crippen molar-refractivity contribution < 1.29 is 19.4 Å². The van der Waals surface area contributed by atoms with Crippen LogP contribution in [-0.4, -0.2) is 29.6 Å². The molecule has 0 heterocycles. The number of carboxylic acid groups (broad SMARTS) is 1. The molecular weight excluding hydrogens is 258 g/mol. The van der Waals surface area contributed by atoms with Crippen LogP contribution in [0.5, 0.6) is 5.75 Å². The van der Waals surface area contributed by atoms with Crippen molar-refractivity contribution in [2.75, 3.05) is 6.61 Å². The monoisotopic (exact) mass is 279 g/mol. The van der Waals surface area contributed by atoms with Gasteiger partial charge in [0.2, 0.25) is 0 Å². The molecular formula is C15H21NO4. The molecule has 5 heteroatoms. The van der Waals surface area contributed by atoms with Gasteiger partial charge >= 0.3 is 5.97 Å². The Morgan fingerprint density at radius 2 is 1.80 bits per heavy atom. The number of aryl methyl sites for hydroxylation is 3. The summed E-state index contributed by atoms with van der Waals surface area (Å²) in [4.78, 5) is 22.5. The van der Waals surface area contributed by atoms with Crippen molar-refractivity contribution in [2.45, 2.75) is 40.2 Å². The molecule has 1 aromatic rings. The Bertz CT molecular complexity index is 488. The molecule has 0 radical (unpaired) electrons. The standard InChI is InChI=1S/C15H21NO4/c1-5-12(15(18)19)16-13(17)8-20-14-10(3)6-9(2)7-11(14)4/h6-7,12H,5,8H2,1-4H3,(H,16,17)(H,18,19). The molecule has 0 saturated heterocycles. The molecule has 1 aromatic carbocycles. The minimum Gasteiger partial charge on any atom is -0.483 e. The summed E-state index contributed by atoms with van der Waals surface area (Å²) in [5.74, 6) is -0.795. The summed E-state index contributed by atoms with van der Waals surface area (Å²) < 4.78 is 5.50. The maximum absolute atomic E-state index is 11.7. The zero-order valence-electron chi connectivity index (χ0n) is 12.3. The van der Waals surface area contributed by atoms with Crippen LogP contribution in [-0.2, 0) is 9.59 Å². The van der Waals surface area contributed by atoms with Crippen molar-refractivity contribution in [3.05, 3.63) is 28.8 Å². The maximum atomic E-state index is 11.7. The van der Waals surface area contributed by atoms with E-state index < -0.39 is 17.9 Å². The van der Waals surface area contributed by atoms with E-state index >= 15 is 0 Å². The second kappa shape index (κ2) is 6.93. The van der Waals surface area contributed by atoms with E-state index in [0.717, 1.165) is 16.7 Å². The molecule has 0 aliphatic carbocycles. The summed E-state index contributed by atoms with van der Waals surface area (Å²) in [6, 6.07) is 3.09. The number of carboxylic acids is 1. The second-order valence-electron chi connectivity index (χ2n) is 4.88. The van der Waals surface area contributed by atoms with Crippen LogP contribution in [0.2, 0.25) is 0 Å². The molecule has 5 nitrogen and oxygen atoms in total. The Hall–Kier alpha value is -2.04. The third-order valence-corrected chi connectivity index (χ3v) is 2.99. The van der Waals surface area contributed by atoms with Gasteiger partial charge in [-0.25, -0.2) is 4.79 Å². The van der Waals surface area contributed by atoms with Gasteiger partial charge in [0.15, 0.2) is 6.61 Å². The quantitative estimate of drug-likeness (QED) is 0.834. The number of ether oxygens (including phenoxy) is 1. The molecule has 110 valence electrons. The third-order valence-electron chi connectivity index (χ3n) is 2.99. The molecule has 0 saturated carbocycles. The van der Waals surface area contributed by atoms with Crippen LogP contribution in [0.3, 0.4) is 0 Å². The first-order chi connectivity index (χ1) is 9.35. The van der Waals surface area contributed by atoms with Gasteiger partial charge in [0.05, 0.1) is 0 Å². The summed E-state index contributed by atoms with van der Waals surface area (Å²) in [7, 11) is 0. The van der Waals surface area contributed by atoms with Gasteiger partial charge in [0.25, 0.3) is 5.91 Å². The van der Waals surface area contributed by atoms with E-state index in [1.165, 1.54) is 0 Å². The number of hydrogen-bond donors (Lipinski definition) is 2. The number of hydrogen-bond acceptors (Lipinski definition) is 3. The highest BCUT2D eigenvalue weighted by molar-refractivity contribution is 5.84. The van der Waals surface area contributed by atoms with Crippen LogP contribution in [0.25, 0.3) is 0 Å². The van der Waals surface area contributed by atoms with E-state index in [4.69, 9.17) is 9.84 Å². The molecule has 20 heavy (non-hydrogen) atoms. The van der Waals surface area contributed by atoms with Crippen LogP contribution < -0.4 is 10.1 Å². The summed E-state index contributed by atoms with van der Waals surface area (Å²) >= 11 is 0. The molecule has 1 rings (SSSR count). The normalized spacial score (nSPS) is 11.8. The number of benzene rings is 1. The molecule has 0 spiro atoms. The number of nitrogens with one attached hydrogen (secondary N) is 1. The smallest absolute Gasteiger partial charge is 0.326 e. The summed E-state index contributed by atoms with van der Waals surface area (Å²) in [5, 5.41) is 11.3. The zero-order chi connectivity index (χ0) is 15.3. The van der Waals surface area contributed by atoms with Gasteiger partial charge in [-0.1, -0.05) is 24.6 Å². The largest absolute Gasteiger partial charge is 0.483 e. The summed E-state index contributed by atoms with van der Waals surface area (Å²) in [6.45, 7) is 7.34. The summed E-state index contributed by atoms with van der Waals surface area (Å²) in [5.41, 5.74) is 3.05. The lowest BCUT2D eigenvalue weighted by Crippen LogP contribution is -2.42. The van der Waals surface area contributed by atoms with Gasteiger partial charge in [-0.05, 0) is 38.3 Å². The fraction of sp³-hybridized carbons (Fsp3) is 0.467. The Kier molecular flexibility index (Phi) is 5.55. The molecule has 0 aromatic heterocycles. The van der Waals surface area contributed by atoms with Crippen LogP contribution in [0.15, 0.2) is 12.1 Å². The Balaban J connectivity index is 2.64.